The molecule has 2 aromatic rings. The van der Waals surface area contributed by atoms with E-state index in [-0.39, 0.29) is 11.9 Å². The third kappa shape index (κ3) is 3.56. The summed E-state index contributed by atoms with van der Waals surface area (Å²) < 4.78 is 30.7. The molecule has 2 heterocycles. The fourth-order valence-corrected chi connectivity index (χ4v) is 4.56. The summed E-state index contributed by atoms with van der Waals surface area (Å²) in [5.74, 6) is 1.87. The standard InChI is InChI=1S/C19H22N2O4S/c22-17-5-1-2-6-18(17)25-15-9-7-14(8-10-15)16-4-3-11-21-12-13-26(23,24)20-19(16)21/h3-4,7-11,18,23-24H,1-2,5-6,12-13H2/p+1. The Kier molecular flexibility index (Phi) is 4.60. The number of carbonyl (C=O) groups is 1. The number of aromatic nitrogens is 1. The zero-order valence-corrected chi connectivity index (χ0v) is 15.2. The molecule has 6 nitrogen and oxygen atoms in total. The highest BCUT2D eigenvalue weighted by molar-refractivity contribution is 8.25. The summed E-state index contributed by atoms with van der Waals surface area (Å²) in [6.45, 7) is 0.559. The second-order valence-electron chi connectivity index (χ2n) is 6.78. The second kappa shape index (κ2) is 6.90. The van der Waals surface area contributed by atoms with Crippen molar-refractivity contribution in [1.29, 1.82) is 0 Å². The highest BCUT2D eigenvalue weighted by Gasteiger charge is 2.30. The predicted molar refractivity (Wildman–Crippen MR) is 101 cm³/mol. The Morgan fingerprint density at radius 1 is 1.15 bits per heavy atom. The number of anilines is 1. The lowest BCUT2D eigenvalue weighted by Gasteiger charge is -2.32. The zero-order valence-electron chi connectivity index (χ0n) is 14.4. The molecule has 1 saturated carbocycles. The number of pyridine rings is 1. The number of ether oxygens (including phenoxy) is 1. The zero-order chi connectivity index (χ0) is 18.1. The van der Waals surface area contributed by atoms with Crippen LogP contribution in [0.1, 0.15) is 25.7 Å². The summed E-state index contributed by atoms with van der Waals surface area (Å²) in [6, 6.07) is 11.5. The number of hydrogen-bond acceptors (Lipinski definition) is 5. The number of benzene rings is 1. The summed E-state index contributed by atoms with van der Waals surface area (Å²) in [4.78, 5) is 11.9. The number of hydrogen-bond donors (Lipinski definition) is 3. The Morgan fingerprint density at radius 3 is 2.73 bits per heavy atom. The van der Waals surface area contributed by atoms with Crippen LogP contribution in [0.3, 0.4) is 0 Å². The molecule has 0 amide bonds. The van der Waals surface area contributed by atoms with Gasteiger partial charge in [-0.05, 0) is 49.1 Å². The molecule has 7 heteroatoms. The largest absolute Gasteiger partial charge is 0.483 e. The molecule has 0 saturated heterocycles. The molecule has 1 atom stereocenters. The summed E-state index contributed by atoms with van der Waals surface area (Å²) in [7, 11) is -2.79. The third-order valence-electron chi connectivity index (χ3n) is 4.89. The molecule has 1 aromatic carbocycles. The van der Waals surface area contributed by atoms with Crippen molar-refractivity contribution in [3.05, 3.63) is 42.6 Å². The fraction of sp³-hybridized carbons (Fsp3) is 0.368. The molecule has 1 unspecified atom stereocenters. The molecule has 1 aliphatic carbocycles. The van der Waals surface area contributed by atoms with Crippen LogP contribution in [0.4, 0.5) is 5.82 Å². The minimum atomic E-state index is -2.79. The molecule has 1 aliphatic heterocycles. The average Bonchev–Trinajstić information content (AvgIpc) is 2.63. The van der Waals surface area contributed by atoms with E-state index in [1.54, 1.807) is 0 Å². The van der Waals surface area contributed by atoms with E-state index in [4.69, 9.17) is 4.74 Å². The normalized spacial score (nSPS) is 22.8. The van der Waals surface area contributed by atoms with Gasteiger partial charge in [-0.15, -0.1) is 0 Å². The number of Topliss-reactive ketones (excluding diaryl/α,β-unsaturated/α-hetero) is 1. The van der Waals surface area contributed by atoms with Gasteiger partial charge >= 0.3 is 5.82 Å². The van der Waals surface area contributed by atoms with Crippen LogP contribution in [0.2, 0.25) is 0 Å². The number of carbonyl (C=O) groups excluding carboxylic acids is 1. The number of ketones is 1. The quantitative estimate of drug-likeness (QED) is 0.714. The summed E-state index contributed by atoms with van der Waals surface area (Å²) in [5.41, 5.74) is 1.84. The smallest absolute Gasteiger partial charge is 0.304 e. The lowest BCUT2D eigenvalue weighted by molar-refractivity contribution is -0.679. The maximum Gasteiger partial charge on any atom is 0.304 e. The van der Waals surface area contributed by atoms with Gasteiger partial charge in [-0.2, -0.15) is 4.72 Å². The van der Waals surface area contributed by atoms with Crippen molar-refractivity contribution in [3.63, 3.8) is 0 Å². The molecule has 0 radical (unpaired) electrons. The molecule has 0 bridgehead atoms. The number of rotatable bonds is 3. The van der Waals surface area contributed by atoms with Gasteiger partial charge in [-0.3, -0.25) is 13.9 Å². The van der Waals surface area contributed by atoms with E-state index in [9.17, 15) is 13.9 Å². The van der Waals surface area contributed by atoms with Gasteiger partial charge < -0.3 is 4.74 Å². The predicted octanol–water partition coefficient (Wildman–Crippen LogP) is 3.62. The van der Waals surface area contributed by atoms with Gasteiger partial charge in [-0.1, -0.05) is 22.9 Å². The van der Waals surface area contributed by atoms with E-state index in [2.05, 4.69) is 4.72 Å². The van der Waals surface area contributed by atoms with Crippen molar-refractivity contribution >= 4 is 22.4 Å². The minimum Gasteiger partial charge on any atom is -0.483 e. The molecule has 1 aromatic heterocycles. The van der Waals surface area contributed by atoms with E-state index in [1.807, 2.05) is 47.2 Å². The van der Waals surface area contributed by atoms with Crippen LogP contribution in [-0.4, -0.2) is 26.7 Å². The van der Waals surface area contributed by atoms with E-state index >= 15 is 0 Å². The summed E-state index contributed by atoms with van der Waals surface area (Å²) in [5, 5.41) is 0. The summed E-state index contributed by atoms with van der Waals surface area (Å²) >= 11 is 0. The molecule has 4 rings (SSSR count). The van der Waals surface area contributed by atoms with Gasteiger partial charge in [0.15, 0.2) is 11.9 Å². The third-order valence-corrected chi connectivity index (χ3v) is 6.16. The van der Waals surface area contributed by atoms with Crippen LogP contribution in [0.25, 0.3) is 11.1 Å². The van der Waals surface area contributed by atoms with E-state index in [0.29, 0.717) is 30.3 Å². The minimum absolute atomic E-state index is 0.184. The first kappa shape index (κ1) is 17.3. The van der Waals surface area contributed by atoms with Gasteiger partial charge in [0.25, 0.3) is 0 Å². The number of nitrogens with one attached hydrogen (secondary N) is 1. The highest BCUT2D eigenvalue weighted by atomic mass is 32.3. The molecular weight excluding hydrogens is 352 g/mol. The molecule has 2 aliphatic rings. The molecule has 26 heavy (non-hydrogen) atoms. The van der Waals surface area contributed by atoms with E-state index in [1.165, 1.54) is 0 Å². The number of fused-ring (bicyclic) bond motifs is 1. The van der Waals surface area contributed by atoms with Crippen molar-refractivity contribution in [2.75, 3.05) is 10.5 Å². The average molecular weight is 375 g/mol. The number of aryl methyl sites for hydroxylation is 1. The second-order valence-corrected chi connectivity index (χ2v) is 8.73. The molecule has 1 fully saturated rings. The van der Waals surface area contributed by atoms with Crippen molar-refractivity contribution in [1.82, 2.24) is 0 Å². The van der Waals surface area contributed by atoms with Crippen LogP contribution in [0.15, 0.2) is 42.6 Å². The van der Waals surface area contributed by atoms with Crippen molar-refractivity contribution in [3.8, 4) is 16.9 Å². The molecule has 0 spiro atoms. The van der Waals surface area contributed by atoms with Crippen LogP contribution in [0.5, 0.6) is 5.75 Å². The molecule has 3 N–H and O–H groups in total. The summed E-state index contributed by atoms with van der Waals surface area (Å²) in [6.07, 6.45) is 4.97. The van der Waals surface area contributed by atoms with Gasteiger partial charge in [0.1, 0.15) is 18.0 Å². The van der Waals surface area contributed by atoms with Crippen molar-refractivity contribution < 1.29 is 23.2 Å². The Bertz CT molecular complexity index is 823. The van der Waals surface area contributed by atoms with Crippen LogP contribution in [-0.2, 0) is 11.3 Å². The van der Waals surface area contributed by atoms with Crippen LogP contribution in [0, 0.1) is 0 Å². The molecular formula is C19H23N2O4S+. The van der Waals surface area contributed by atoms with Gasteiger partial charge in [-0.25, -0.2) is 4.57 Å². The lowest BCUT2D eigenvalue weighted by Crippen LogP contribution is -2.45. The van der Waals surface area contributed by atoms with E-state index in [0.717, 1.165) is 30.4 Å². The Labute approximate surface area is 154 Å². The maximum atomic E-state index is 11.9. The Morgan fingerprint density at radius 2 is 1.96 bits per heavy atom. The Hall–Kier alpha value is -2.09. The van der Waals surface area contributed by atoms with E-state index < -0.39 is 10.8 Å². The van der Waals surface area contributed by atoms with Crippen molar-refractivity contribution in [2.45, 2.75) is 38.3 Å². The monoisotopic (exact) mass is 375 g/mol. The molecule has 138 valence electrons. The van der Waals surface area contributed by atoms with Gasteiger partial charge in [0, 0.05) is 6.42 Å². The van der Waals surface area contributed by atoms with Crippen LogP contribution < -0.4 is 14.0 Å². The van der Waals surface area contributed by atoms with Gasteiger partial charge in [0.05, 0.1) is 11.8 Å². The highest BCUT2D eigenvalue weighted by Crippen LogP contribution is 2.42. The lowest BCUT2D eigenvalue weighted by atomic mass is 9.96. The fourth-order valence-electron chi connectivity index (χ4n) is 3.47. The van der Waals surface area contributed by atoms with Gasteiger partial charge in [0.2, 0.25) is 0 Å². The van der Waals surface area contributed by atoms with Crippen LogP contribution >= 0.6 is 10.8 Å². The first-order valence-corrected chi connectivity index (χ1v) is 10.6. The Balaban J connectivity index is 1.57. The maximum absolute atomic E-state index is 11.9. The first-order valence-electron chi connectivity index (χ1n) is 8.88. The first-order chi connectivity index (χ1) is 12.5. The van der Waals surface area contributed by atoms with Crippen molar-refractivity contribution in [2.24, 2.45) is 0 Å². The number of nitrogens with zero attached hydrogens (tertiary/aromatic N) is 1. The SMILES string of the molecule is O=C1CCCCC1Oc1ccc(-c2ccc[n+]3c2NS(O)(O)CC3)cc1. The topological polar surface area (TPSA) is 82.7 Å².